The van der Waals surface area contributed by atoms with E-state index in [2.05, 4.69) is 28.3 Å². The highest BCUT2D eigenvalue weighted by Crippen LogP contribution is 2.52. The van der Waals surface area contributed by atoms with Crippen LogP contribution < -0.4 is 0 Å². The minimum atomic E-state index is -0.0460. The highest BCUT2D eigenvalue weighted by Gasteiger charge is 2.49. The monoisotopic (exact) mass is 239 g/mol. The lowest BCUT2D eigenvalue weighted by Gasteiger charge is -2.09. The zero-order chi connectivity index (χ0) is 12.4. The Kier molecular flexibility index (Phi) is 2.60. The molecule has 1 heterocycles. The summed E-state index contributed by atoms with van der Waals surface area (Å²) >= 11 is 0. The number of hydrogen-bond donors (Lipinski definition) is 0. The number of rotatable bonds is 4. The van der Waals surface area contributed by atoms with Crippen LogP contribution in [0, 0.1) is 11.3 Å². The highest BCUT2D eigenvalue weighted by atomic mass is 16.5. The number of hydrogen-bond acceptors (Lipinski definition) is 4. The van der Waals surface area contributed by atoms with E-state index < -0.39 is 0 Å². The predicted molar refractivity (Wildman–Crippen MR) is 64.7 cm³/mol. The van der Waals surface area contributed by atoms with Crippen molar-refractivity contribution in [2.75, 3.05) is 0 Å². The standard InChI is InChI=1S/C14H13N3O/c15-10-4-7-12-16-13(17-18-12)14(8-9-14)11-5-2-1-3-6-11/h1-3,5-6H,4,7-9H2. The molecular formula is C14H13N3O. The number of nitrogens with zero attached hydrogens (tertiary/aromatic N) is 3. The second-order valence-electron chi connectivity index (χ2n) is 4.62. The van der Waals surface area contributed by atoms with Crippen LogP contribution in [-0.4, -0.2) is 10.1 Å². The lowest BCUT2D eigenvalue weighted by atomic mass is 9.95. The van der Waals surface area contributed by atoms with Crippen LogP contribution >= 0.6 is 0 Å². The molecular weight excluding hydrogens is 226 g/mol. The Morgan fingerprint density at radius 3 is 2.72 bits per heavy atom. The molecule has 2 aromatic rings. The van der Waals surface area contributed by atoms with E-state index in [0.29, 0.717) is 18.7 Å². The maximum atomic E-state index is 8.54. The normalized spacial score (nSPS) is 16.2. The van der Waals surface area contributed by atoms with Gasteiger partial charge < -0.3 is 4.52 Å². The summed E-state index contributed by atoms with van der Waals surface area (Å²) in [5.41, 5.74) is 1.20. The van der Waals surface area contributed by atoms with Gasteiger partial charge in [0.15, 0.2) is 5.82 Å². The highest BCUT2D eigenvalue weighted by molar-refractivity contribution is 5.38. The number of nitriles is 1. The van der Waals surface area contributed by atoms with Crippen molar-refractivity contribution in [1.82, 2.24) is 10.1 Å². The average Bonchev–Trinajstić information content (AvgIpc) is 3.10. The van der Waals surface area contributed by atoms with Crippen molar-refractivity contribution >= 4 is 0 Å². The van der Waals surface area contributed by atoms with E-state index in [9.17, 15) is 0 Å². The molecule has 0 bridgehead atoms. The van der Waals surface area contributed by atoms with Crippen LogP contribution in [0.25, 0.3) is 0 Å². The van der Waals surface area contributed by atoms with Gasteiger partial charge in [-0.15, -0.1) is 0 Å². The molecule has 0 spiro atoms. The lowest BCUT2D eigenvalue weighted by Crippen LogP contribution is -2.10. The first kappa shape index (κ1) is 11.0. The molecule has 4 heteroatoms. The SMILES string of the molecule is N#CCCc1nc(C2(c3ccccc3)CC2)no1. The molecule has 1 saturated carbocycles. The van der Waals surface area contributed by atoms with Gasteiger partial charge in [0, 0.05) is 12.8 Å². The van der Waals surface area contributed by atoms with E-state index in [4.69, 9.17) is 9.78 Å². The van der Waals surface area contributed by atoms with Crippen molar-refractivity contribution < 1.29 is 4.52 Å². The van der Waals surface area contributed by atoms with E-state index in [-0.39, 0.29) is 5.41 Å². The molecule has 1 aliphatic rings. The molecule has 1 aromatic heterocycles. The predicted octanol–water partition coefficient (Wildman–Crippen LogP) is 2.61. The fourth-order valence-electron chi connectivity index (χ4n) is 2.24. The third-order valence-electron chi connectivity index (χ3n) is 3.42. The minimum absolute atomic E-state index is 0.0460. The Balaban J connectivity index is 1.87. The van der Waals surface area contributed by atoms with E-state index in [1.165, 1.54) is 5.56 Å². The van der Waals surface area contributed by atoms with Crippen LogP contribution in [0.4, 0.5) is 0 Å². The molecule has 3 rings (SSSR count). The van der Waals surface area contributed by atoms with Crippen molar-refractivity contribution in [3.8, 4) is 6.07 Å². The summed E-state index contributed by atoms with van der Waals surface area (Å²) < 4.78 is 5.20. The molecule has 1 fully saturated rings. The van der Waals surface area contributed by atoms with Crippen LogP contribution in [0.3, 0.4) is 0 Å². The van der Waals surface area contributed by atoms with Crippen LogP contribution in [-0.2, 0) is 11.8 Å². The zero-order valence-electron chi connectivity index (χ0n) is 9.97. The molecule has 0 saturated heterocycles. The molecule has 0 radical (unpaired) electrons. The van der Waals surface area contributed by atoms with Gasteiger partial charge >= 0.3 is 0 Å². The van der Waals surface area contributed by atoms with Gasteiger partial charge in [-0.2, -0.15) is 10.2 Å². The van der Waals surface area contributed by atoms with Crippen LogP contribution in [0.2, 0.25) is 0 Å². The third kappa shape index (κ3) is 1.78. The second-order valence-corrected chi connectivity index (χ2v) is 4.62. The van der Waals surface area contributed by atoms with Gasteiger partial charge in [-0.05, 0) is 18.4 Å². The van der Waals surface area contributed by atoms with Crippen molar-refractivity contribution in [2.45, 2.75) is 31.1 Å². The summed E-state index contributed by atoms with van der Waals surface area (Å²) in [4.78, 5) is 4.43. The van der Waals surface area contributed by atoms with Gasteiger partial charge in [0.25, 0.3) is 0 Å². The van der Waals surface area contributed by atoms with E-state index in [1.807, 2.05) is 18.2 Å². The van der Waals surface area contributed by atoms with Gasteiger partial charge in [0.1, 0.15) is 0 Å². The maximum Gasteiger partial charge on any atom is 0.227 e. The van der Waals surface area contributed by atoms with Gasteiger partial charge in [-0.1, -0.05) is 35.5 Å². The van der Waals surface area contributed by atoms with Crippen molar-refractivity contribution in [3.63, 3.8) is 0 Å². The lowest BCUT2D eigenvalue weighted by molar-refractivity contribution is 0.371. The smallest absolute Gasteiger partial charge is 0.227 e. The van der Waals surface area contributed by atoms with Crippen LogP contribution in [0.1, 0.15) is 36.5 Å². The Bertz CT molecular complexity index is 579. The van der Waals surface area contributed by atoms with E-state index in [0.717, 1.165) is 18.7 Å². The average molecular weight is 239 g/mol. The van der Waals surface area contributed by atoms with E-state index in [1.54, 1.807) is 0 Å². The van der Waals surface area contributed by atoms with Crippen LogP contribution in [0.5, 0.6) is 0 Å². The van der Waals surface area contributed by atoms with Crippen molar-refractivity contribution in [2.24, 2.45) is 0 Å². The fraction of sp³-hybridized carbons (Fsp3) is 0.357. The molecule has 1 aliphatic carbocycles. The van der Waals surface area contributed by atoms with Gasteiger partial charge in [0.2, 0.25) is 5.89 Å². The summed E-state index contributed by atoms with van der Waals surface area (Å²) in [6.45, 7) is 0. The second kappa shape index (κ2) is 4.26. The van der Waals surface area contributed by atoms with Gasteiger partial charge in [0.05, 0.1) is 11.5 Å². The zero-order valence-corrected chi connectivity index (χ0v) is 9.97. The van der Waals surface area contributed by atoms with Crippen LogP contribution in [0.15, 0.2) is 34.9 Å². The Hall–Kier alpha value is -2.15. The minimum Gasteiger partial charge on any atom is -0.339 e. The Morgan fingerprint density at radius 1 is 1.28 bits per heavy atom. The van der Waals surface area contributed by atoms with E-state index >= 15 is 0 Å². The molecule has 0 unspecified atom stereocenters. The topological polar surface area (TPSA) is 62.7 Å². The molecule has 0 amide bonds. The molecule has 0 aliphatic heterocycles. The molecule has 0 N–H and O–H groups in total. The third-order valence-corrected chi connectivity index (χ3v) is 3.42. The summed E-state index contributed by atoms with van der Waals surface area (Å²) in [6.07, 6.45) is 3.08. The Morgan fingerprint density at radius 2 is 2.06 bits per heavy atom. The quantitative estimate of drug-likeness (QED) is 0.822. The largest absolute Gasteiger partial charge is 0.339 e. The number of aryl methyl sites for hydroxylation is 1. The summed E-state index contributed by atoms with van der Waals surface area (Å²) in [6, 6.07) is 12.4. The molecule has 4 nitrogen and oxygen atoms in total. The summed E-state index contributed by atoms with van der Waals surface area (Å²) in [5, 5.41) is 12.6. The van der Waals surface area contributed by atoms with Gasteiger partial charge in [-0.25, -0.2) is 0 Å². The first-order chi connectivity index (χ1) is 8.85. The van der Waals surface area contributed by atoms with Crippen molar-refractivity contribution in [3.05, 3.63) is 47.6 Å². The van der Waals surface area contributed by atoms with Gasteiger partial charge in [-0.3, -0.25) is 0 Å². The maximum absolute atomic E-state index is 8.54. The molecule has 1 aromatic carbocycles. The summed E-state index contributed by atoms with van der Waals surface area (Å²) in [7, 11) is 0. The number of benzene rings is 1. The first-order valence-corrected chi connectivity index (χ1v) is 6.11. The molecule has 90 valence electrons. The molecule has 0 atom stereocenters. The fourth-order valence-corrected chi connectivity index (χ4v) is 2.24. The number of aromatic nitrogens is 2. The Labute approximate surface area is 105 Å². The first-order valence-electron chi connectivity index (χ1n) is 6.11. The summed E-state index contributed by atoms with van der Waals surface area (Å²) in [5.74, 6) is 1.33. The molecule has 18 heavy (non-hydrogen) atoms. The van der Waals surface area contributed by atoms with Crippen molar-refractivity contribution in [1.29, 1.82) is 5.26 Å².